The molecule has 0 aliphatic rings. The summed E-state index contributed by atoms with van der Waals surface area (Å²) in [5.41, 5.74) is 7.29. The van der Waals surface area contributed by atoms with Crippen LogP contribution >= 0.6 is 0 Å². The summed E-state index contributed by atoms with van der Waals surface area (Å²) < 4.78 is 0. The highest BCUT2D eigenvalue weighted by Crippen LogP contribution is 2.03. The van der Waals surface area contributed by atoms with Gasteiger partial charge in [0.1, 0.15) is 0 Å². The van der Waals surface area contributed by atoms with Crippen LogP contribution in [0.25, 0.3) is 0 Å². The lowest BCUT2D eigenvalue weighted by atomic mass is 10.1. The predicted octanol–water partition coefficient (Wildman–Crippen LogP) is 1.13. The van der Waals surface area contributed by atoms with Gasteiger partial charge in [-0.3, -0.25) is 9.97 Å². The number of nitrogens with zero attached hydrogens (tertiary/aromatic N) is 2. The minimum Gasteiger partial charge on any atom is -0.325 e. The number of hydrogen-bond donors (Lipinski definition) is 1. The lowest BCUT2D eigenvalue weighted by molar-refractivity contribution is 0.631. The predicted molar refractivity (Wildman–Crippen MR) is 48.5 cm³/mol. The van der Waals surface area contributed by atoms with Crippen LogP contribution in [0.5, 0.6) is 0 Å². The number of hydrogen-bond acceptors (Lipinski definition) is 3. The molecular weight excluding hydrogens is 150 g/mol. The van der Waals surface area contributed by atoms with Crippen molar-refractivity contribution in [2.75, 3.05) is 0 Å². The van der Waals surface area contributed by atoms with Crippen molar-refractivity contribution in [2.24, 2.45) is 11.7 Å². The van der Waals surface area contributed by atoms with E-state index in [9.17, 15) is 0 Å². The van der Waals surface area contributed by atoms with Crippen molar-refractivity contribution in [1.82, 2.24) is 9.97 Å². The smallest absolute Gasteiger partial charge is 0.0722 e. The second kappa shape index (κ2) is 4.16. The summed E-state index contributed by atoms with van der Waals surface area (Å²) in [4.78, 5) is 8.41. The minimum atomic E-state index is 0.467. The van der Waals surface area contributed by atoms with Crippen LogP contribution in [-0.4, -0.2) is 9.97 Å². The molecule has 0 saturated heterocycles. The Morgan fingerprint density at radius 3 is 2.25 bits per heavy atom. The molecule has 1 aromatic heterocycles. The molecule has 0 saturated carbocycles. The molecule has 0 aromatic carbocycles. The Balaban J connectivity index is 2.65. The van der Waals surface area contributed by atoms with E-state index in [4.69, 9.17) is 5.73 Å². The van der Waals surface area contributed by atoms with E-state index in [0.717, 1.165) is 17.8 Å². The van der Waals surface area contributed by atoms with Gasteiger partial charge in [0.15, 0.2) is 0 Å². The normalized spacial score (nSPS) is 10.7. The summed E-state index contributed by atoms with van der Waals surface area (Å²) in [6.45, 7) is 4.80. The summed E-state index contributed by atoms with van der Waals surface area (Å²) in [5, 5.41) is 0. The Kier molecular flexibility index (Phi) is 3.17. The van der Waals surface area contributed by atoms with Crippen molar-refractivity contribution < 1.29 is 0 Å². The van der Waals surface area contributed by atoms with Crippen molar-refractivity contribution in [3.05, 3.63) is 23.8 Å². The van der Waals surface area contributed by atoms with E-state index in [1.807, 2.05) is 6.20 Å². The van der Waals surface area contributed by atoms with Crippen LogP contribution < -0.4 is 5.73 Å². The first-order valence-corrected chi connectivity index (χ1v) is 4.22. The van der Waals surface area contributed by atoms with Gasteiger partial charge in [0, 0.05) is 18.9 Å². The van der Waals surface area contributed by atoms with Gasteiger partial charge >= 0.3 is 0 Å². The topological polar surface area (TPSA) is 51.8 Å². The van der Waals surface area contributed by atoms with Crippen molar-refractivity contribution in [1.29, 1.82) is 0 Å². The molecule has 12 heavy (non-hydrogen) atoms. The first-order valence-electron chi connectivity index (χ1n) is 4.22. The maximum absolute atomic E-state index is 5.40. The third kappa shape index (κ3) is 2.58. The molecule has 66 valence electrons. The molecule has 0 unspecified atom stereocenters. The fraction of sp³-hybridized carbons (Fsp3) is 0.556. The maximum Gasteiger partial charge on any atom is 0.0722 e. The Bertz CT molecular complexity index is 228. The SMILES string of the molecule is CC(C)Cc1cnc(CN)cn1. The fourth-order valence-corrected chi connectivity index (χ4v) is 1.01. The van der Waals surface area contributed by atoms with Gasteiger partial charge in [0.05, 0.1) is 11.4 Å². The first-order chi connectivity index (χ1) is 5.72. The number of aromatic nitrogens is 2. The van der Waals surface area contributed by atoms with Crippen LogP contribution in [0.4, 0.5) is 0 Å². The molecule has 1 heterocycles. The van der Waals surface area contributed by atoms with Crippen LogP contribution in [0.3, 0.4) is 0 Å². The van der Waals surface area contributed by atoms with E-state index in [1.165, 1.54) is 0 Å². The van der Waals surface area contributed by atoms with E-state index in [0.29, 0.717) is 12.5 Å². The molecule has 2 N–H and O–H groups in total. The van der Waals surface area contributed by atoms with Crippen LogP contribution in [0, 0.1) is 5.92 Å². The van der Waals surface area contributed by atoms with Gasteiger partial charge < -0.3 is 5.73 Å². The molecular formula is C9H15N3. The van der Waals surface area contributed by atoms with E-state index in [2.05, 4.69) is 23.8 Å². The third-order valence-electron chi connectivity index (χ3n) is 1.59. The van der Waals surface area contributed by atoms with Crippen LogP contribution in [-0.2, 0) is 13.0 Å². The molecule has 0 atom stereocenters. The second-order valence-corrected chi connectivity index (χ2v) is 3.30. The molecule has 0 fully saturated rings. The van der Waals surface area contributed by atoms with Gasteiger partial charge in [-0.2, -0.15) is 0 Å². The number of nitrogens with two attached hydrogens (primary N) is 1. The average molecular weight is 165 g/mol. The van der Waals surface area contributed by atoms with Gasteiger partial charge in [0.25, 0.3) is 0 Å². The molecule has 0 amide bonds. The Morgan fingerprint density at radius 1 is 1.25 bits per heavy atom. The minimum absolute atomic E-state index is 0.467. The van der Waals surface area contributed by atoms with Gasteiger partial charge in [0.2, 0.25) is 0 Å². The van der Waals surface area contributed by atoms with E-state index in [-0.39, 0.29) is 0 Å². The van der Waals surface area contributed by atoms with Crippen LogP contribution in [0.15, 0.2) is 12.4 Å². The molecule has 0 aliphatic carbocycles. The van der Waals surface area contributed by atoms with Crippen molar-refractivity contribution >= 4 is 0 Å². The lowest BCUT2D eigenvalue weighted by Crippen LogP contribution is -2.03. The van der Waals surface area contributed by atoms with Gasteiger partial charge in [-0.15, -0.1) is 0 Å². The Labute approximate surface area is 73.0 Å². The van der Waals surface area contributed by atoms with E-state index >= 15 is 0 Å². The maximum atomic E-state index is 5.40. The molecule has 0 radical (unpaired) electrons. The zero-order valence-electron chi connectivity index (χ0n) is 7.62. The third-order valence-corrected chi connectivity index (χ3v) is 1.59. The quantitative estimate of drug-likeness (QED) is 0.730. The summed E-state index contributed by atoms with van der Waals surface area (Å²) >= 11 is 0. The van der Waals surface area contributed by atoms with Crippen molar-refractivity contribution in [3.8, 4) is 0 Å². The zero-order chi connectivity index (χ0) is 8.97. The summed E-state index contributed by atoms with van der Waals surface area (Å²) in [5.74, 6) is 0.628. The second-order valence-electron chi connectivity index (χ2n) is 3.30. The van der Waals surface area contributed by atoms with E-state index < -0.39 is 0 Å². The summed E-state index contributed by atoms with van der Waals surface area (Å²) in [6.07, 6.45) is 4.54. The highest BCUT2D eigenvalue weighted by atomic mass is 14.8. The van der Waals surface area contributed by atoms with Gasteiger partial charge in [-0.05, 0) is 12.3 Å². The average Bonchev–Trinajstić information content (AvgIpc) is 2.05. The summed E-state index contributed by atoms with van der Waals surface area (Å²) in [6, 6.07) is 0. The van der Waals surface area contributed by atoms with Crippen LogP contribution in [0.2, 0.25) is 0 Å². The van der Waals surface area contributed by atoms with Crippen LogP contribution in [0.1, 0.15) is 25.2 Å². The highest BCUT2D eigenvalue weighted by molar-refractivity contribution is 5.02. The molecule has 1 aromatic rings. The van der Waals surface area contributed by atoms with E-state index in [1.54, 1.807) is 6.20 Å². The van der Waals surface area contributed by atoms with Gasteiger partial charge in [-0.25, -0.2) is 0 Å². The largest absolute Gasteiger partial charge is 0.325 e. The standard InChI is InChI=1S/C9H15N3/c1-7(2)3-8-5-12-9(4-10)6-11-8/h5-7H,3-4,10H2,1-2H3. The monoisotopic (exact) mass is 165 g/mol. The zero-order valence-corrected chi connectivity index (χ0v) is 7.62. The lowest BCUT2D eigenvalue weighted by Gasteiger charge is -2.03. The van der Waals surface area contributed by atoms with Crippen molar-refractivity contribution in [2.45, 2.75) is 26.8 Å². The Hall–Kier alpha value is -0.960. The molecule has 0 bridgehead atoms. The molecule has 3 nitrogen and oxygen atoms in total. The Morgan fingerprint density at radius 2 is 1.83 bits per heavy atom. The molecule has 0 spiro atoms. The number of rotatable bonds is 3. The first kappa shape index (κ1) is 9.13. The molecule has 1 rings (SSSR count). The molecule has 0 aliphatic heterocycles. The van der Waals surface area contributed by atoms with Gasteiger partial charge in [-0.1, -0.05) is 13.8 Å². The highest BCUT2D eigenvalue weighted by Gasteiger charge is 1.99. The fourth-order valence-electron chi connectivity index (χ4n) is 1.01. The van der Waals surface area contributed by atoms with Crippen molar-refractivity contribution in [3.63, 3.8) is 0 Å². The molecule has 3 heteroatoms. The summed E-state index contributed by atoms with van der Waals surface area (Å²) in [7, 11) is 0.